The van der Waals surface area contributed by atoms with Gasteiger partial charge in [-0.15, -0.1) is 5.10 Å². The predicted molar refractivity (Wildman–Crippen MR) is 79.5 cm³/mol. The van der Waals surface area contributed by atoms with Gasteiger partial charge in [0.2, 0.25) is 0 Å². The first-order valence-corrected chi connectivity index (χ1v) is 7.12. The van der Waals surface area contributed by atoms with E-state index in [0.29, 0.717) is 0 Å². The van der Waals surface area contributed by atoms with Crippen LogP contribution in [-0.4, -0.2) is 26.5 Å². The zero-order valence-electron chi connectivity index (χ0n) is 12.7. The molecule has 0 bridgehead atoms. The number of hydrogen-bond acceptors (Lipinski definition) is 4. The average Bonchev–Trinajstić information content (AvgIpc) is 2.80. The Hall–Kier alpha value is -1.75. The molecule has 2 heterocycles. The first-order chi connectivity index (χ1) is 9.60. The van der Waals surface area contributed by atoms with E-state index in [1.54, 1.807) is 4.68 Å². The van der Waals surface area contributed by atoms with Crippen molar-refractivity contribution in [2.45, 2.75) is 39.7 Å². The van der Waals surface area contributed by atoms with E-state index in [0.717, 1.165) is 30.8 Å². The zero-order chi connectivity index (χ0) is 14.5. The van der Waals surface area contributed by atoms with Crippen LogP contribution < -0.4 is 5.32 Å². The van der Waals surface area contributed by atoms with Gasteiger partial charge in [0.25, 0.3) is 0 Å². The molecule has 1 unspecified atom stereocenters. The lowest BCUT2D eigenvalue weighted by Crippen LogP contribution is -2.26. The van der Waals surface area contributed by atoms with Gasteiger partial charge < -0.3 is 5.32 Å². The highest BCUT2D eigenvalue weighted by molar-refractivity contribution is 5.26. The molecule has 0 fully saturated rings. The highest BCUT2D eigenvalue weighted by Gasteiger charge is 2.17. The number of aryl methyl sites for hydroxylation is 3. The van der Waals surface area contributed by atoms with Crippen LogP contribution in [-0.2, 0) is 13.5 Å². The second-order valence-corrected chi connectivity index (χ2v) is 5.31. The third kappa shape index (κ3) is 3.63. The van der Waals surface area contributed by atoms with Gasteiger partial charge in [-0.1, -0.05) is 18.2 Å². The summed E-state index contributed by atoms with van der Waals surface area (Å²) in [6, 6.07) is 2.37. The molecule has 5 nitrogen and oxygen atoms in total. The lowest BCUT2D eigenvalue weighted by molar-refractivity contribution is 0.510. The van der Waals surface area contributed by atoms with E-state index < -0.39 is 0 Å². The van der Waals surface area contributed by atoms with Crippen LogP contribution in [0.2, 0.25) is 0 Å². The van der Waals surface area contributed by atoms with Crippen LogP contribution in [0.4, 0.5) is 0 Å². The minimum Gasteiger partial charge on any atom is -0.308 e. The molecule has 1 atom stereocenters. The van der Waals surface area contributed by atoms with Gasteiger partial charge in [0.15, 0.2) is 0 Å². The molecule has 1 N–H and O–H groups in total. The van der Waals surface area contributed by atoms with Crippen molar-refractivity contribution in [2.75, 3.05) is 6.54 Å². The van der Waals surface area contributed by atoms with Gasteiger partial charge in [0, 0.05) is 25.9 Å². The number of aromatic nitrogens is 4. The maximum atomic E-state index is 4.62. The molecule has 0 aliphatic carbocycles. The molecular weight excluding hydrogens is 250 g/mol. The summed E-state index contributed by atoms with van der Waals surface area (Å²) in [5.41, 5.74) is 4.51. The van der Waals surface area contributed by atoms with Crippen LogP contribution in [0.25, 0.3) is 0 Å². The molecule has 0 aliphatic heterocycles. The third-order valence-corrected chi connectivity index (χ3v) is 3.29. The van der Waals surface area contributed by atoms with Gasteiger partial charge in [-0.3, -0.25) is 9.67 Å². The predicted octanol–water partition coefficient (Wildman–Crippen LogP) is 2.11. The molecule has 0 aromatic carbocycles. The van der Waals surface area contributed by atoms with Crippen molar-refractivity contribution in [1.29, 1.82) is 0 Å². The van der Waals surface area contributed by atoms with Crippen LogP contribution >= 0.6 is 0 Å². The van der Waals surface area contributed by atoms with E-state index in [1.807, 2.05) is 19.4 Å². The molecule has 2 aromatic rings. The Bertz CT molecular complexity index is 561. The molecular formula is C15H23N5. The number of nitrogens with one attached hydrogen (secondary N) is 1. The molecule has 0 aliphatic rings. The fourth-order valence-electron chi connectivity index (χ4n) is 2.37. The van der Waals surface area contributed by atoms with Crippen LogP contribution in [0.3, 0.4) is 0 Å². The van der Waals surface area contributed by atoms with Gasteiger partial charge in [-0.05, 0) is 37.9 Å². The highest BCUT2D eigenvalue weighted by atomic mass is 15.4. The molecule has 0 saturated carbocycles. The van der Waals surface area contributed by atoms with Gasteiger partial charge in [0.1, 0.15) is 0 Å². The summed E-state index contributed by atoms with van der Waals surface area (Å²) in [6.45, 7) is 7.33. The lowest BCUT2D eigenvalue weighted by atomic mass is 10.0. The van der Waals surface area contributed by atoms with Gasteiger partial charge in [-0.2, -0.15) is 0 Å². The van der Waals surface area contributed by atoms with Crippen molar-refractivity contribution in [3.8, 4) is 0 Å². The fourth-order valence-corrected chi connectivity index (χ4v) is 2.37. The Morgan fingerprint density at radius 2 is 2.15 bits per heavy atom. The minimum absolute atomic E-state index is 0.187. The van der Waals surface area contributed by atoms with E-state index in [1.165, 1.54) is 11.1 Å². The SMILES string of the molecule is CCCNC(Cc1cn(C)nn1)c1ncc(C)cc1C. The molecule has 5 heteroatoms. The summed E-state index contributed by atoms with van der Waals surface area (Å²) in [6.07, 6.45) is 5.80. The van der Waals surface area contributed by atoms with Crippen LogP contribution in [0, 0.1) is 13.8 Å². The Labute approximate surface area is 120 Å². The lowest BCUT2D eigenvalue weighted by Gasteiger charge is -2.19. The smallest absolute Gasteiger partial charge is 0.0846 e. The molecule has 2 rings (SSSR count). The second kappa shape index (κ2) is 6.61. The van der Waals surface area contributed by atoms with E-state index in [2.05, 4.69) is 47.5 Å². The standard InChI is InChI=1S/C15H23N5/c1-5-6-16-14(8-13-10-20(4)19-18-13)15-12(3)7-11(2)9-17-15/h7,9-10,14,16H,5-6,8H2,1-4H3. The van der Waals surface area contributed by atoms with Gasteiger partial charge in [0.05, 0.1) is 17.4 Å². The van der Waals surface area contributed by atoms with Crippen molar-refractivity contribution >= 4 is 0 Å². The molecule has 2 aromatic heterocycles. The highest BCUT2D eigenvalue weighted by Crippen LogP contribution is 2.19. The van der Waals surface area contributed by atoms with E-state index in [9.17, 15) is 0 Å². The monoisotopic (exact) mass is 273 g/mol. The number of pyridine rings is 1. The topological polar surface area (TPSA) is 55.6 Å². The van der Waals surface area contributed by atoms with Gasteiger partial charge >= 0.3 is 0 Å². The van der Waals surface area contributed by atoms with Crippen molar-refractivity contribution < 1.29 is 0 Å². The van der Waals surface area contributed by atoms with Crippen LogP contribution in [0.5, 0.6) is 0 Å². The minimum atomic E-state index is 0.187. The Morgan fingerprint density at radius 3 is 2.75 bits per heavy atom. The summed E-state index contributed by atoms with van der Waals surface area (Å²) in [4.78, 5) is 4.62. The van der Waals surface area contributed by atoms with Gasteiger partial charge in [-0.25, -0.2) is 0 Å². The van der Waals surface area contributed by atoms with Crippen molar-refractivity contribution in [2.24, 2.45) is 7.05 Å². The number of rotatable bonds is 6. The summed E-state index contributed by atoms with van der Waals surface area (Å²) in [5, 5.41) is 11.7. The largest absolute Gasteiger partial charge is 0.308 e. The molecule has 108 valence electrons. The third-order valence-electron chi connectivity index (χ3n) is 3.29. The summed E-state index contributed by atoms with van der Waals surface area (Å²) >= 11 is 0. The normalized spacial score (nSPS) is 12.6. The Balaban J connectivity index is 2.22. The summed E-state index contributed by atoms with van der Waals surface area (Å²) < 4.78 is 1.74. The van der Waals surface area contributed by atoms with Crippen molar-refractivity contribution in [3.05, 3.63) is 41.0 Å². The first kappa shape index (κ1) is 14.7. The van der Waals surface area contributed by atoms with E-state index in [4.69, 9.17) is 0 Å². The zero-order valence-corrected chi connectivity index (χ0v) is 12.7. The summed E-state index contributed by atoms with van der Waals surface area (Å²) in [5.74, 6) is 0. The maximum Gasteiger partial charge on any atom is 0.0846 e. The van der Waals surface area contributed by atoms with Crippen LogP contribution in [0.1, 0.15) is 41.9 Å². The fraction of sp³-hybridized carbons (Fsp3) is 0.533. The second-order valence-electron chi connectivity index (χ2n) is 5.31. The molecule has 0 radical (unpaired) electrons. The Kier molecular flexibility index (Phi) is 4.84. The quantitative estimate of drug-likeness (QED) is 0.876. The number of hydrogen-bond donors (Lipinski definition) is 1. The van der Waals surface area contributed by atoms with Crippen molar-refractivity contribution in [1.82, 2.24) is 25.3 Å². The molecule has 0 amide bonds. The maximum absolute atomic E-state index is 4.62. The average molecular weight is 273 g/mol. The first-order valence-electron chi connectivity index (χ1n) is 7.12. The molecule has 0 spiro atoms. The van der Waals surface area contributed by atoms with E-state index >= 15 is 0 Å². The van der Waals surface area contributed by atoms with Crippen molar-refractivity contribution in [3.63, 3.8) is 0 Å². The van der Waals surface area contributed by atoms with E-state index in [-0.39, 0.29) is 6.04 Å². The van der Waals surface area contributed by atoms with Crippen LogP contribution in [0.15, 0.2) is 18.5 Å². The molecule has 20 heavy (non-hydrogen) atoms. The Morgan fingerprint density at radius 1 is 1.35 bits per heavy atom. The number of nitrogens with zero attached hydrogens (tertiary/aromatic N) is 4. The molecule has 0 saturated heterocycles. The summed E-state index contributed by atoms with van der Waals surface area (Å²) in [7, 11) is 1.89.